The summed E-state index contributed by atoms with van der Waals surface area (Å²) >= 11 is 0. The number of carbonyl (C=O) groups excluding carboxylic acids is 2. The van der Waals surface area contributed by atoms with Crippen LogP contribution >= 0.6 is 0 Å². The first kappa shape index (κ1) is 13.7. The van der Waals surface area contributed by atoms with Gasteiger partial charge >= 0.3 is 0 Å². The molecule has 2 amide bonds. The van der Waals surface area contributed by atoms with Gasteiger partial charge in [0.15, 0.2) is 0 Å². The van der Waals surface area contributed by atoms with E-state index < -0.39 is 24.0 Å². The third-order valence-corrected chi connectivity index (χ3v) is 5.42. The van der Waals surface area contributed by atoms with Crippen molar-refractivity contribution >= 4 is 17.5 Å². The first-order chi connectivity index (χ1) is 10.6. The molecule has 1 aliphatic heterocycles. The van der Waals surface area contributed by atoms with Gasteiger partial charge in [-0.1, -0.05) is 12.1 Å². The number of benzene rings is 1. The van der Waals surface area contributed by atoms with Crippen molar-refractivity contribution in [3.05, 3.63) is 24.3 Å². The van der Waals surface area contributed by atoms with Crippen LogP contribution in [-0.2, 0) is 9.59 Å². The number of para-hydroxylation sites is 2. The molecule has 3 aliphatic rings. The lowest BCUT2D eigenvalue weighted by molar-refractivity contribution is -0.129. The predicted octanol–water partition coefficient (Wildman–Crippen LogP) is 0.172. The smallest absolute Gasteiger partial charge is 0.238 e. The highest BCUT2D eigenvalue weighted by Crippen LogP contribution is 2.57. The van der Waals surface area contributed by atoms with Crippen LogP contribution in [0.4, 0.5) is 5.69 Å². The molecule has 22 heavy (non-hydrogen) atoms. The van der Waals surface area contributed by atoms with Gasteiger partial charge in [-0.2, -0.15) is 0 Å². The van der Waals surface area contributed by atoms with Crippen LogP contribution in [0, 0.1) is 23.7 Å². The fraction of sp³-hybridized carbons (Fsp3) is 0.500. The molecule has 2 bridgehead atoms. The highest BCUT2D eigenvalue weighted by Gasteiger charge is 2.67. The Bertz CT molecular complexity index is 628. The molecule has 2 saturated carbocycles. The zero-order chi connectivity index (χ0) is 15.6. The third kappa shape index (κ3) is 1.51. The highest BCUT2D eigenvalue weighted by molar-refractivity contribution is 6.23. The van der Waals surface area contributed by atoms with E-state index in [4.69, 9.17) is 4.74 Å². The fourth-order valence-corrected chi connectivity index (χ4v) is 4.48. The zero-order valence-electron chi connectivity index (χ0n) is 12.0. The molecule has 116 valence electrons. The van der Waals surface area contributed by atoms with Crippen LogP contribution in [0.15, 0.2) is 24.3 Å². The third-order valence-electron chi connectivity index (χ3n) is 5.42. The number of methoxy groups -OCH3 is 1. The molecule has 0 aromatic heterocycles. The first-order valence-electron chi connectivity index (χ1n) is 7.43. The summed E-state index contributed by atoms with van der Waals surface area (Å²) in [5, 5.41) is 20.1. The largest absolute Gasteiger partial charge is 0.495 e. The Morgan fingerprint density at radius 2 is 1.59 bits per heavy atom. The van der Waals surface area contributed by atoms with Crippen LogP contribution in [0.5, 0.6) is 5.75 Å². The van der Waals surface area contributed by atoms with Gasteiger partial charge in [-0.05, 0) is 18.6 Å². The molecule has 2 N–H and O–H groups in total. The van der Waals surface area contributed by atoms with E-state index in [0.717, 1.165) is 4.90 Å². The van der Waals surface area contributed by atoms with Gasteiger partial charge in [-0.15, -0.1) is 0 Å². The standard InChI is InChI=1S/C16H17NO5/c1-22-10-5-3-2-4-9(10)17-15(20)11-7-6-8(12(11)16(17)21)14(19)13(7)18/h2-5,7-8,11-14,18-19H,6H2,1H3/t7-,8+,11-,12+,13-,14-/m0/s1. The van der Waals surface area contributed by atoms with Crippen LogP contribution in [-0.4, -0.2) is 41.3 Å². The Hall–Kier alpha value is -1.92. The Balaban J connectivity index is 1.76. The molecule has 0 spiro atoms. The number of amides is 2. The zero-order valence-corrected chi connectivity index (χ0v) is 12.0. The Labute approximate surface area is 127 Å². The lowest BCUT2D eigenvalue weighted by atomic mass is 9.78. The van der Waals surface area contributed by atoms with Crippen molar-refractivity contribution in [1.82, 2.24) is 0 Å². The number of imide groups is 1. The number of aliphatic hydroxyl groups excluding tert-OH is 2. The molecule has 0 unspecified atom stereocenters. The second-order valence-corrected chi connectivity index (χ2v) is 6.28. The number of anilines is 1. The second kappa shape index (κ2) is 4.54. The van der Waals surface area contributed by atoms with E-state index in [9.17, 15) is 19.8 Å². The molecule has 1 heterocycles. The van der Waals surface area contributed by atoms with Gasteiger partial charge in [0.05, 0.1) is 36.8 Å². The number of carbonyl (C=O) groups is 2. The summed E-state index contributed by atoms with van der Waals surface area (Å²) in [6.07, 6.45) is -1.30. The van der Waals surface area contributed by atoms with Crippen LogP contribution in [0.2, 0.25) is 0 Å². The fourth-order valence-electron chi connectivity index (χ4n) is 4.48. The van der Waals surface area contributed by atoms with Gasteiger partial charge in [0.2, 0.25) is 11.8 Å². The SMILES string of the molecule is COc1ccccc1N1C(=O)[C@@H]2[C@H]3C[C@H]([C@H](O)[C@H]3O)[C@@H]2C1=O. The molecule has 1 aromatic carbocycles. The molecule has 0 radical (unpaired) electrons. The van der Waals surface area contributed by atoms with Gasteiger partial charge in [0.1, 0.15) is 5.75 Å². The summed E-state index contributed by atoms with van der Waals surface area (Å²) in [6.45, 7) is 0. The van der Waals surface area contributed by atoms with Gasteiger partial charge in [-0.3, -0.25) is 9.59 Å². The molecule has 1 saturated heterocycles. The van der Waals surface area contributed by atoms with Crippen molar-refractivity contribution in [2.45, 2.75) is 18.6 Å². The van der Waals surface area contributed by atoms with Crippen LogP contribution in [0.3, 0.4) is 0 Å². The lowest BCUT2D eigenvalue weighted by Crippen LogP contribution is -2.43. The monoisotopic (exact) mass is 303 g/mol. The lowest BCUT2D eigenvalue weighted by Gasteiger charge is -2.29. The van der Waals surface area contributed by atoms with E-state index in [0.29, 0.717) is 17.9 Å². The van der Waals surface area contributed by atoms with E-state index >= 15 is 0 Å². The molecule has 4 rings (SSSR count). The molecule has 6 heteroatoms. The molecule has 2 aliphatic carbocycles. The first-order valence-corrected chi connectivity index (χ1v) is 7.43. The van der Waals surface area contributed by atoms with Crippen molar-refractivity contribution in [2.75, 3.05) is 12.0 Å². The topological polar surface area (TPSA) is 87.1 Å². The van der Waals surface area contributed by atoms with Crippen molar-refractivity contribution in [3.8, 4) is 5.75 Å². The Morgan fingerprint density at radius 3 is 2.14 bits per heavy atom. The van der Waals surface area contributed by atoms with E-state index in [-0.39, 0.29) is 23.7 Å². The number of ether oxygens (including phenoxy) is 1. The van der Waals surface area contributed by atoms with E-state index in [1.54, 1.807) is 24.3 Å². The van der Waals surface area contributed by atoms with Crippen LogP contribution in [0.1, 0.15) is 6.42 Å². The average Bonchev–Trinajstić information content (AvgIpc) is 3.12. The van der Waals surface area contributed by atoms with E-state index in [2.05, 4.69) is 0 Å². The summed E-state index contributed by atoms with van der Waals surface area (Å²) < 4.78 is 5.24. The minimum absolute atomic E-state index is 0.294. The van der Waals surface area contributed by atoms with Crippen molar-refractivity contribution in [3.63, 3.8) is 0 Å². The van der Waals surface area contributed by atoms with Crippen molar-refractivity contribution < 1.29 is 24.5 Å². The normalized spacial score (nSPS) is 39.5. The maximum Gasteiger partial charge on any atom is 0.238 e. The van der Waals surface area contributed by atoms with Gasteiger partial charge in [0.25, 0.3) is 0 Å². The highest BCUT2D eigenvalue weighted by atomic mass is 16.5. The molecule has 1 aromatic rings. The number of fused-ring (bicyclic) bond motifs is 5. The minimum atomic E-state index is -0.916. The molecule has 6 atom stereocenters. The van der Waals surface area contributed by atoms with Gasteiger partial charge in [0, 0.05) is 11.8 Å². The van der Waals surface area contributed by atoms with Crippen molar-refractivity contribution in [2.24, 2.45) is 23.7 Å². The van der Waals surface area contributed by atoms with Gasteiger partial charge < -0.3 is 14.9 Å². The molecular weight excluding hydrogens is 286 g/mol. The number of nitrogens with zero attached hydrogens (tertiary/aromatic N) is 1. The quantitative estimate of drug-likeness (QED) is 0.761. The number of hydrogen-bond donors (Lipinski definition) is 2. The molecule has 6 nitrogen and oxygen atoms in total. The maximum atomic E-state index is 12.8. The number of aliphatic hydroxyl groups is 2. The molecule has 3 fully saturated rings. The van der Waals surface area contributed by atoms with Crippen LogP contribution < -0.4 is 9.64 Å². The minimum Gasteiger partial charge on any atom is -0.495 e. The maximum absolute atomic E-state index is 12.8. The number of rotatable bonds is 2. The summed E-state index contributed by atoms with van der Waals surface area (Å²) in [4.78, 5) is 26.7. The van der Waals surface area contributed by atoms with Gasteiger partial charge in [-0.25, -0.2) is 4.90 Å². The summed E-state index contributed by atoms with van der Waals surface area (Å²) in [5.74, 6) is -1.85. The number of hydrogen-bond acceptors (Lipinski definition) is 5. The Kier molecular flexibility index (Phi) is 2.83. The molecular formula is C16H17NO5. The summed E-state index contributed by atoms with van der Waals surface area (Å²) in [7, 11) is 1.49. The summed E-state index contributed by atoms with van der Waals surface area (Å²) in [6, 6.07) is 6.88. The van der Waals surface area contributed by atoms with E-state index in [1.165, 1.54) is 7.11 Å². The van der Waals surface area contributed by atoms with E-state index in [1.807, 2.05) is 0 Å². The second-order valence-electron chi connectivity index (χ2n) is 6.28. The van der Waals surface area contributed by atoms with Crippen molar-refractivity contribution in [1.29, 1.82) is 0 Å². The average molecular weight is 303 g/mol. The summed E-state index contributed by atoms with van der Waals surface area (Å²) in [5.41, 5.74) is 0.428. The van der Waals surface area contributed by atoms with Crippen LogP contribution in [0.25, 0.3) is 0 Å². The Morgan fingerprint density at radius 1 is 1.05 bits per heavy atom. The predicted molar refractivity (Wildman–Crippen MR) is 76.1 cm³/mol.